The molecule has 23 heteroatoms. The highest BCUT2D eigenvalue weighted by molar-refractivity contribution is 8.76. The monoisotopic (exact) mass is 1030 g/mol. The van der Waals surface area contributed by atoms with Crippen LogP contribution in [0.4, 0.5) is 0 Å². The van der Waals surface area contributed by atoms with Crippen molar-refractivity contribution in [1.29, 1.82) is 0 Å². The molecule has 2 heterocycles. The van der Waals surface area contributed by atoms with E-state index in [-0.39, 0.29) is 43.7 Å². The van der Waals surface area contributed by atoms with E-state index in [1.165, 1.54) is 6.92 Å². The van der Waals surface area contributed by atoms with Gasteiger partial charge in [-0.05, 0) is 68.8 Å². The van der Waals surface area contributed by atoms with E-state index in [0.29, 0.717) is 24.0 Å². The number of nitrogens with one attached hydrogen (secondary N) is 8. The molecular weight excluding hydrogens is 969 g/mol. The Balaban J connectivity index is 1.57. The van der Waals surface area contributed by atoms with Gasteiger partial charge in [-0.25, -0.2) is 4.79 Å². The van der Waals surface area contributed by atoms with Gasteiger partial charge in [0.2, 0.25) is 41.4 Å². The van der Waals surface area contributed by atoms with Crippen LogP contribution in [0.25, 0.3) is 10.9 Å². The lowest BCUT2D eigenvalue weighted by Crippen LogP contribution is -2.62. The molecule has 72 heavy (non-hydrogen) atoms. The van der Waals surface area contributed by atoms with E-state index in [2.05, 4.69) is 42.2 Å². The molecule has 0 saturated carbocycles. The number of aliphatic hydroxyl groups is 2. The number of carboxylic acid groups (broad SMARTS) is 1. The highest BCUT2D eigenvalue weighted by atomic mass is 33.1. The number of unbranched alkanes of at least 4 members (excludes halogenated alkanes) is 1. The van der Waals surface area contributed by atoms with Crippen molar-refractivity contribution in [1.82, 2.24) is 42.2 Å². The molecule has 0 unspecified atom stereocenters. The predicted octanol–water partition coefficient (Wildman–Crippen LogP) is -0.713. The summed E-state index contributed by atoms with van der Waals surface area (Å²) in [6.45, 7) is 2.60. The summed E-state index contributed by atoms with van der Waals surface area (Å²) >= 11 is 0. The standard InChI is InChI=1S/C49H64N10O11S2/c1-27(60)40-48(68)57-39(47(67)59-41(28(2)61)49(69)70)26-72-71-25-38(56-42(62)33(51)21-29-13-5-3-6-14-29)46(66)54-36(22-30-15-7-4-8-16-30)44(64)55-37(23-31-24-52-34-18-10-9-17-32(31)34)45(65)53-35(43(63)58-40)19-11-12-20-50/h3-10,13-18,24,27-28,33,35-41,52,60-61H,11-12,19-23,25-26,50-51H2,1-2H3,(H,53,65)(H,54,66)(H,55,64)(H,56,62)(H,57,68)(H,58,63)(H,59,67)(H,69,70)/t27-,28-,33-,35+,36+,37-,38+,39+,40-,41+/m1/s1. The minimum absolute atomic E-state index is 0.000290. The van der Waals surface area contributed by atoms with Gasteiger partial charge in [-0.2, -0.15) is 0 Å². The molecule has 5 rings (SSSR count). The molecule has 4 aromatic rings. The van der Waals surface area contributed by atoms with Crippen LogP contribution in [0.1, 0.15) is 49.8 Å². The predicted molar refractivity (Wildman–Crippen MR) is 273 cm³/mol. The Labute approximate surface area is 424 Å². The maximum Gasteiger partial charge on any atom is 0.328 e. The summed E-state index contributed by atoms with van der Waals surface area (Å²) in [5, 5.41) is 49.7. The highest BCUT2D eigenvalue weighted by Gasteiger charge is 2.37. The summed E-state index contributed by atoms with van der Waals surface area (Å²) in [6.07, 6.45) is -0.764. The van der Waals surface area contributed by atoms with Gasteiger partial charge in [-0.15, -0.1) is 0 Å². The number of nitrogens with two attached hydrogens (primary N) is 2. The van der Waals surface area contributed by atoms with Crippen LogP contribution >= 0.6 is 21.6 Å². The zero-order valence-electron chi connectivity index (χ0n) is 39.9. The lowest BCUT2D eigenvalue weighted by molar-refractivity contribution is -0.145. The Morgan fingerprint density at radius 2 is 1.29 bits per heavy atom. The Bertz CT molecular complexity index is 2480. The number of H-pyrrole nitrogens is 1. The molecule has 21 nitrogen and oxygen atoms in total. The largest absolute Gasteiger partial charge is 0.480 e. The van der Waals surface area contributed by atoms with Crippen LogP contribution in [0, 0.1) is 0 Å². The first-order valence-corrected chi connectivity index (χ1v) is 26.0. The van der Waals surface area contributed by atoms with Crippen molar-refractivity contribution >= 4 is 79.8 Å². The van der Waals surface area contributed by atoms with Gasteiger partial charge in [-0.1, -0.05) is 100 Å². The van der Waals surface area contributed by atoms with E-state index in [9.17, 15) is 53.7 Å². The molecule has 3 aromatic carbocycles. The second-order valence-corrected chi connectivity index (χ2v) is 20.1. The number of aromatic nitrogens is 1. The zero-order chi connectivity index (χ0) is 52.3. The number of aliphatic hydroxyl groups excluding tert-OH is 2. The molecule has 0 radical (unpaired) electrons. The van der Waals surface area contributed by atoms with Gasteiger partial charge in [0, 0.05) is 41.4 Å². The van der Waals surface area contributed by atoms with Crippen LogP contribution in [-0.2, 0) is 57.6 Å². The summed E-state index contributed by atoms with van der Waals surface area (Å²) in [5.41, 5.74) is 14.9. The van der Waals surface area contributed by atoms with Crippen LogP contribution in [0.3, 0.4) is 0 Å². The van der Waals surface area contributed by atoms with Crippen LogP contribution in [-0.4, -0.2) is 146 Å². The third kappa shape index (κ3) is 16.8. The first kappa shape index (κ1) is 56.4. The molecule has 1 fully saturated rings. The van der Waals surface area contributed by atoms with E-state index >= 15 is 0 Å². The topological polar surface area (TPSA) is 349 Å². The number of carbonyl (C=O) groups is 8. The van der Waals surface area contributed by atoms with Gasteiger partial charge in [0.25, 0.3) is 0 Å². The van der Waals surface area contributed by atoms with Gasteiger partial charge in [0.1, 0.15) is 36.3 Å². The summed E-state index contributed by atoms with van der Waals surface area (Å²) in [5.74, 6) is -8.24. The van der Waals surface area contributed by atoms with Crippen molar-refractivity contribution in [2.24, 2.45) is 11.5 Å². The molecule has 15 N–H and O–H groups in total. The van der Waals surface area contributed by atoms with E-state index in [4.69, 9.17) is 11.5 Å². The number of hydrogen-bond acceptors (Lipinski definition) is 14. The van der Waals surface area contributed by atoms with Crippen molar-refractivity contribution in [2.45, 2.75) is 113 Å². The number of benzene rings is 3. The van der Waals surface area contributed by atoms with Gasteiger partial charge < -0.3 is 69.0 Å². The van der Waals surface area contributed by atoms with E-state index in [1.807, 2.05) is 24.3 Å². The number of rotatable bonds is 17. The molecule has 0 spiro atoms. The number of hydrogen-bond donors (Lipinski definition) is 13. The SMILES string of the molecule is C[C@@H](O)[C@H](NC(=O)[C@@H]1CSSC[C@H](NC(=O)[C@H](N)Cc2ccccc2)C(=O)N[C@@H](Cc2ccccc2)C(=O)N[C@H](Cc2c[nH]c3ccccc23)C(=O)N[C@@H](CCCCN)C(=O)N[C@H]([C@@H](C)O)C(=O)N1)C(=O)O. The fourth-order valence-corrected chi connectivity index (χ4v) is 10.1. The number of carboxylic acids is 1. The van der Waals surface area contributed by atoms with Crippen LogP contribution in [0.15, 0.2) is 91.1 Å². The minimum Gasteiger partial charge on any atom is -0.480 e. The summed E-state index contributed by atoms with van der Waals surface area (Å²) in [6, 6.07) is 13.3. The van der Waals surface area contributed by atoms with Crippen LogP contribution < -0.4 is 48.7 Å². The lowest BCUT2D eigenvalue weighted by Gasteiger charge is -2.29. The number of fused-ring (bicyclic) bond motifs is 1. The second-order valence-electron chi connectivity index (χ2n) is 17.5. The molecule has 7 amide bonds. The molecule has 10 atom stereocenters. The smallest absolute Gasteiger partial charge is 0.328 e. The number of aromatic amines is 1. The molecule has 1 aliphatic heterocycles. The van der Waals surface area contributed by atoms with Crippen molar-refractivity contribution in [2.75, 3.05) is 18.1 Å². The molecule has 0 bridgehead atoms. The first-order chi connectivity index (χ1) is 34.4. The van der Waals surface area contributed by atoms with Gasteiger partial charge in [0.15, 0.2) is 6.04 Å². The minimum atomic E-state index is -1.80. The maximum absolute atomic E-state index is 14.7. The molecular formula is C49H64N10O11S2. The Hall–Kier alpha value is -6.50. The molecule has 388 valence electrons. The van der Waals surface area contributed by atoms with Crippen molar-refractivity contribution in [3.8, 4) is 0 Å². The number of amides is 7. The van der Waals surface area contributed by atoms with Gasteiger partial charge in [0.05, 0.1) is 18.2 Å². The molecule has 1 aliphatic rings. The average Bonchev–Trinajstić information content (AvgIpc) is 3.76. The number of carbonyl (C=O) groups excluding carboxylic acids is 7. The first-order valence-electron chi connectivity index (χ1n) is 23.5. The average molecular weight is 1030 g/mol. The maximum atomic E-state index is 14.7. The lowest BCUT2D eigenvalue weighted by atomic mass is 10.0. The Morgan fingerprint density at radius 1 is 0.708 bits per heavy atom. The normalized spacial score (nSPS) is 22.6. The fourth-order valence-electron chi connectivity index (χ4n) is 7.77. The summed E-state index contributed by atoms with van der Waals surface area (Å²) < 4.78 is 0. The second kappa shape index (κ2) is 27.9. The number of para-hydroxylation sites is 1. The van der Waals surface area contributed by atoms with Crippen molar-refractivity contribution < 1.29 is 53.7 Å². The van der Waals surface area contributed by atoms with Gasteiger partial charge >= 0.3 is 5.97 Å². The quantitative estimate of drug-likeness (QED) is 0.0459. The molecule has 1 aromatic heterocycles. The summed E-state index contributed by atoms with van der Waals surface area (Å²) in [7, 11) is 1.91. The summed E-state index contributed by atoms with van der Waals surface area (Å²) in [4.78, 5) is 115. The van der Waals surface area contributed by atoms with Crippen molar-refractivity contribution in [3.63, 3.8) is 0 Å². The van der Waals surface area contributed by atoms with Gasteiger partial charge in [-0.3, -0.25) is 33.6 Å². The van der Waals surface area contributed by atoms with E-state index in [0.717, 1.165) is 45.0 Å². The van der Waals surface area contributed by atoms with E-state index < -0.39 is 108 Å². The third-order valence-electron chi connectivity index (χ3n) is 11.8. The number of aliphatic carboxylic acids is 1. The van der Waals surface area contributed by atoms with Crippen LogP contribution in [0.2, 0.25) is 0 Å². The fraction of sp³-hybridized carbons (Fsp3) is 0.429. The zero-order valence-corrected chi connectivity index (χ0v) is 41.5. The Morgan fingerprint density at radius 3 is 1.93 bits per heavy atom. The highest BCUT2D eigenvalue weighted by Crippen LogP contribution is 2.24. The Kier molecular flexibility index (Phi) is 21.9. The van der Waals surface area contributed by atoms with Crippen LogP contribution in [0.5, 0.6) is 0 Å². The van der Waals surface area contributed by atoms with Crippen molar-refractivity contribution in [3.05, 3.63) is 108 Å². The van der Waals surface area contributed by atoms with E-state index in [1.54, 1.807) is 66.9 Å². The molecule has 0 aliphatic carbocycles. The third-order valence-corrected chi connectivity index (χ3v) is 14.2. The molecule has 1 saturated heterocycles.